The van der Waals surface area contributed by atoms with Gasteiger partial charge in [-0.05, 0) is 12.8 Å². The highest BCUT2D eigenvalue weighted by molar-refractivity contribution is 7.80. The van der Waals surface area contributed by atoms with Gasteiger partial charge in [0.05, 0.1) is 0 Å². The zero-order valence-electron chi connectivity index (χ0n) is 16.5. The van der Waals surface area contributed by atoms with Gasteiger partial charge in [-0.2, -0.15) is 12.6 Å². The molecular weight excluding hydrogens is 296 g/mol. The van der Waals surface area contributed by atoms with Crippen molar-refractivity contribution in [3.63, 3.8) is 0 Å². The minimum atomic E-state index is 0.664. The van der Waals surface area contributed by atoms with Gasteiger partial charge in [0.25, 0.3) is 0 Å². The molecule has 0 heterocycles. The van der Waals surface area contributed by atoms with Crippen LogP contribution in [0.15, 0.2) is 0 Å². The topological polar surface area (TPSA) is 0 Å². The molecule has 0 N–H and O–H groups in total. The lowest BCUT2D eigenvalue weighted by molar-refractivity contribution is 0.525. The van der Waals surface area contributed by atoms with E-state index in [2.05, 4.69) is 26.5 Å². The van der Waals surface area contributed by atoms with Crippen LogP contribution >= 0.6 is 12.6 Å². The Labute approximate surface area is 154 Å². The average Bonchev–Trinajstić information content (AvgIpc) is 2.56. The van der Waals surface area contributed by atoms with E-state index in [0.29, 0.717) is 5.25 Å². The van der Waals surface area contributed by atoms with Crippen LogP contribution in [0.3, 0.4) is 0 Å². The molecule has 0 spiro atoms. The summed E-state index contributed by atoms with van der Waals surface area (Å²) in [4.78, 5) is 0. The number of unbranched alkanes of at least 4 members (excludes halogenated alkanes) is 15. The molecule has 1 atom stereocenters. The van der Waals surface area contributed by atoms with Gasteiger partial charge < -0.3 is 0 Å². The largest absolute Gasteiger partial charge is 0.176 e. The van der Waals surface area contributed by atoms with Gasteiger partial charge in [-0.3, -0.25) is 0 Å². The van der Waals surface area contributed by atoms with Crippen molar-refractivity contribution in [3.8, 4) is 0 Å². The maximum atomic E-state index is 4.69. The van der Waals surface area contributed by atoms with Crippen molar-refractivity contribution < 1.29 is 0 Å². The summed E-state index contributed by atoms with van der Waals surface area (Å²) in [5, 5.41) is 0.664. The van der Waals surface area contributed by atoms with Crippen LogP contribution in [-0.2, 0) is 0 Å². The first-order valence-corrected chi connectivity index (χ1v) is 11.5. The van der Waals surface area contributed by atoms with Crippen LogP contribution in [0.4, 0.5) is 0 Å². The SMILES string of the molecule is CCCCCCCCCCCCCCCCCC(S)CCCC. The summed E-state index contributed by atoms with van der Waals surface area (Å²) in [6.45, 7) is 4.57. The van der Waals surface area contributed by atoms with E-state index < -0.39 is 0 Å². The predicted octanol–water partition coefficient (Wildman–Crippen LogP) is 8.74. The van der Waals surface area contributed by atoms with Crippen LogP contribution in [0.25, 0.3) is 0 Å². The molecule has 0 bridgehead atoms. The quantitative estimate of drug-likeness (QED) is 0.176. The Morgan fingerprint density at radius 3 is 1.13 bits per heavy atom. The Bertz CT molecular complexity index is 202. The molecule has 0 aliphatic rings. The smallest absolute Gasteiger partial charge is 0.00168 e. The Hall–Kier alpha value is 0.350. The number of hydrogen-bond acceptors (Lipinski definition) is 1. The van der Waals surface area contributed by atoms with Crippen molar-refractivity contribution >= 4 is 12.6 Å². The molecule has 0 saturated carbocycles. The van der Waals surface area contributed by atoms with Crippen LogP contribution in [0.5, 0.6) is 0 Å². The molecule has 140 valence electrons. The third-order valence-electron chi connectivity index (χ3n) is 5.03. The van der Waals surface area contributed by atoms with E-state index in [0.717, 1.165) is 0 Å². The summed E-state index contributed by atoms with van der Waals surface area (Å²) in [6, 6.07) is 0. The molecular formula is C22H46S. The Morgan fingerprint density at radius 2 is 0.739 bits per heavy atom. The van der Waals surface area contributed by atoms with Gasteiger partial charge in [-0.1, -0.05) is 123 Å². The van der Waals surface area contributed by atoms with Gasteiger partial charge in [0, 0.05) is 5.25 Å². The van der Waals surface area contributed by atoms with E-state index in [1.807, 2.05) is 0 Å². The Kier molecular flexibility index (Phi) is 20.7. The van der Waals surface area contributed by atoms with E-state index >= 15 is 0 Å². The minimum absolute atomic E-state index is 0.664. The molecule has 0 aromatic rings. The summed E-state index contributed by atoms with van der Waals surface area (Å²) in [5.41, 5.74) is 0. The standard InChI is InChI=1S/C22H46S/c1-3-5-7-8-9-10-11-12-13-14-15-16-17-18-19-21-22(23)20-6-4-2/h22-23H,3-21H2,1-2H3. The fourth-order valence-corrected chi connectivity index (χ4v) is 3.70. The van der Waals surface area contributed by atoms with E-state index in [1.54, 1.807) is 0 Å². The molecule has 0 nitrogen and oxygen atoms in total. The van der Waals surface area contributed by atoms with Crippen molar-refractivity contribution in [3.05, 3.63) is 0 Å². The maximum Gasteiger partial charge on any atom is 0.00168 e. The van der Waals surface area contributed by atoms with Gasteiger partial charge in [0.2, 0.25) is 0 Å². The van der Waals surface area contributed by atoms with Crippen molar-refractivity contribution in [2.24, 2.45) is 0 Å². The fraction of sp³-hybridized carbons (Fsp3) is 1.00. The fourth-order valence-electron chi connectivity index (χ4n) is 3.34. The highest BCUT2D eigenvalue weighted by Crippen LogP contribution is 2.17. The Morgan fingerprint density at radius 1 is 0.435 bits per heavy atom. The zero-order valence-corrected chi connectivity index (χ0v) is 17.4. The molecule has 0 aromatic heterocycles. The first-order chi connectivity index (χ1) is 11.3. The molecule has 0 aliphatic heterocycles. The molecule has 0 aromatic carbocycles. The Balaban J connectivity index is 3.02. The van der Waals surface area contributed by atoms with Crippen LogP contribution in [0.2, 0.25) is 0 Å². The van der Waals surface area contributed by atoms with Gasteiger partial charge in [0.15, 0.2) is 0 Å². The van der Waals surface area contributed by atoms with Crippen LogP contribution in [0.1, 0.15) is 136 Å². The highest BCUT2D eigenvalue weighted by atomic mass is 32.1. The molecule has 0 radical (unpaired) electrons. The van der Waals surface area contributed by atoms with Crippen LogP contribution in [-0.4, -0.2) is 5.25 Å². The number of rotatable bonds is 19. The van der Waals surface area contributed by atoms with Gasteiger partial charge in [0.1, 0.15) is 0 Å². The monoisotopic (exact) mass is 342 g/mol. The second-order valence-corrected chi connectivity index (χ2v) is 8.26. The first kappa shape index (κ1) is 23.4. The summed E-state index contributed by atoms with van der Waals surface area (Å²) in [7, 11) is 0. The van der Waals surface area contributed by atoms with Crippen LogP contribution < -0.4 is 0 Å². The molecule has 0 fully saturated rings. The summed E-state index contributed by atoms with van der Waals surface area (Å²) in [6.07, 6.45) is 27.1. The van der Waals surface area contributed by atoms with E-state index in [9.17, 15) is 0 Å². The van der Waals surface area contributed by atoms with Crippen molar-refractivity contribution in [2.45, 2.75) is 141 Å². The third-order valence-corrected chi connectivity index (χ3v) is 5.55. The summed E-state index contributed by atoms with van der Waals surface area (Å²) < 4.78 is 0. The summed E-state index contributed by atoms with van der Waals surface area (Å²) in [5.74, 6) is 0. The highest BCUT2D eigenvalue weighted by Gasteiger charge is 2.01. The zero-order chi connectivity index (χ0) is 17.0. The third kappa shape index (κ3) is 20.3. The van der Waals surface area contributed by atoms with Crippen LogP contribution in [0, 0.1) is 0 Å². The lowest BCUT2D eigenvalue weighted by Crippen LogP contribution is -1.98. The summed E-state index contributed by atoms with van der Waals surface area (Å²) >= 11 is 4.69. The molecule has 1 heteroatoms. The lowest BCUT2D eigenvalue weighted by atomic mass is 10.0. The van der Waals surface area contributed by atoms with E-state index in [-0.39, 0.29) is 0 Å². The maximum absolute atomic E-state index is 4.69. The van der Waals surface area contributed by atoms with E-state index in [4.69, 9.17) is 0 Å². The lowest BCUT2D eigenvalue weighted by Gasteiger charge is -2.09. The first-order valence-electron chi connectivity index (χ1n) is 11.0. The average molecular weight is 343 g/mol. The molecule has 0 saturated heterocycles. The second kappa shape index (κ2) is 20.4. The van der Waals surface area contributed by atoms with E-state index in [1.165, 1.54) is 122 Å². The molecule has 0 rings (SSSR count). The number of hydrogen-bond donors (Lipinski definition) is 1. The predicted molar refractivity (Wildman–Crippen MR) is 112 cm³/mol. The number of thiol groups is 1. The van der Waals surface area contributed by atoms with Gasteiger partial charge in [-0.15, -0.1) is 0 Å². The van der Waals surface area contributed by atoms with Gasteiger partial charge in [-0.25, -0.2) is 0 Å². The van der Waals surface area contributed by atoms with Crippen molar-refractivity contribution in [2.75, 3.05) is 0 Å². The van der Waals surface area contributed by atoms with Crippen molar-refractivity contribution in [1.82, 2.24) is 0 Å². The normalized spacial score (nSPS) is 12.7. The molecule has 23 heavy (non-hydrogen) atoms. The minimum Gasteiger partial charge on any atom is -0.176 e. The molecule has 0 aliphatic carbocycles. The second-order valence-electron chi connectivity index (χ2n) is 7.53. The van der Waals surface area contributed by atoms with Crippen molar-refractivity contribution in [1.29, 1.82) is 0 Å². The molecule has 0 amide bonds. The van der Waals surface area contributed by atoms with Gasteiger partial charge >= 0.3 is 0 Å². The molecule has 1 unspecified atom stereocenters.